The van der Waals surface area contributed by atoms with E-state index in [1.807, 2.05) is 17.5 Å². The monoisotopic (exact) mass is 378 g/mol. The third-order valence-electron chi connectivity index (χ3n) is 3.16. The number of thiophene rings is 1. The predicted octanol–water partition coefficient (Wildman–Crippen LogP) is 1.57. The van der Waals surface area contributed by atoms with E-state index in [2.05, 4.69) is 9.71 Å². The lowest BCUT2D eigenvalue weighted by Gasteiger charge is -2.03. The Hall–Kier alpha value is -1.23. The second kappa shape index (κ2) is 7.12. The lowest BCUT2D eigenvalue weighted by molar-refractivity contribution is 0.540. The van der Waals surface area contributed by atoms with E-state index in [-0.39, 0.29) is 23.7 Å². The Morgan fingerprint density at radius 2 is 2.00 bits per heavy atom. The molecule has 0 spiro atoms. The van der Waals surface area contributed by atoms with Crippen molar-refractivity contribution in [2.45, 2.75) is 19.1 Å². The van der Waals surface area contributed by atoms with Crippen LogP contribution in [0.15, 0.2) is 21.9 Å². The first-order valence-electron chi connectivity index (χ1n) is 6.84. The van der Waals surface area contributed by atoms with Crippen LogP contribution in [0.3, 0.4) is 0 Å². The van der Waals surface area contributed by atoms with E-state index in [0.717, 1.165) is 4.88 Å². The molecule has 0 aliphatic rings. The fourth-order valence-electron chi connectivity index (χ4n) is 1.92. The average Bonchev–Trinajstić information content (AvgIpc) is 3.08. The summed E-state index contributed by atoms with van der Waals surface area (Å²) >= 11 is 1.46. The fraction of sp³-hybridized carbons (Fsp3) is 0.462. The fourth-order valence-corrected chi connectivity index (χ4v) is 4.89. The second-order valence-corrected chi connectivity index (χ2v) is 10.1. The molecule has 2 rings (SSSR count). The molecule has 0 bridgehead atoms. The van der Waals surface area contributed by atoms with Crippen molar-refractivity contribution < 1.29 is 21.3 Å². The molecule has 0 unspecified atom stereocenters. The Bertz CT molecular complexity index is 852. The number of sulfone groups is 1. The molecular weight excluding hydrogens is 360 g/mol. The van der Waals surface area contributed by atoms with Gasteiger partial charge in [0.15, 0.2) is 9.84 Å². The van der Waals surface area contributed by atoms with Gasteiger partial charge < -0.3 is 4.42 Å². The van der Waals surface area contributed by atoms with Crippen molar-refractivity contribution in [2.24, 2.45) is 0 Å². The third-order valence-corrected chi connectivity index (χ3v) is 7.09. The first kappa shape index (κ1) is 18.1. The zero-order valence-electron chi connectivity index (χ0n) is 12.8. The van der Waals surface area contributed by atoms with Gasteiger partial charge in [0, 0.05) is 0 Å². The van der Waals surface area contributed by atoms with E-state index in [4.69, 9.17) is 4.42 Å². The van der Waals surface area contributed by atoms with Gasteiger partial charge in [-0.05, 0) is 31.8 Å². The van der Waals surface area contributed by atoms with Gasteiger partial charge in [-0.1, -0.05) is 6.07 Å². The number of rotatable bonds is 8. The average molecular weight is 378 g/mol. The van der Waals surface area contributed by atoms with Gasteiger partial charge in [0.05, 0.1) is 27.8 Å². The molecule has 0 aliphatic carbocycles. The first-order chi connectivity index (χ1) is 10.7. The quantitative estimate of drug-likeness (QED) is 0.747. The Morgan fingerprint density at radius 3 is 2.61 bits per heavy atom. The van der Waals surface area contributed by atoms with Crippen LogP contribution in [0.4, 0.5) is 0 Å². The molecule has 10 heteroatoms. The molecule has 0 atom stereocenters. The highest BCUT2D eigenvalue weighted by Gasteiger charge is 2.20. The summed E-state index contributed by atoms with van der Waals surface area (Å²) < 4.78 is 54.5. The van der Waals surface area contributed by atoms with Crippen molar-refractivity contribution >= 4 is 31.2 Å². The summed E-state index contributed by atoms with van der Waals surface area (Å²) in [4.78, 5) is 5.07. The minimum absolute atomic E-state index is 0.0419. The zero-order chi connectivity index (χ0) is 17.1. The van der Waals surface area contributed by atoms with Crippen LogP contribution in [0.2, 0.25) is 0 Å². The Labute approximate surface area is 139 Å². The molecule has 0 saturated heterocycles. The number of aryl methyl sites for hydroxylation is 1. The number of aromatic nitrogens is 1. The van der Waals surface area contributed by atoms with Gasteiger partial charge in [-0.3, -0.25) is 0 Å². The summed E-state index contributed by atoms with van der Waals surface area (Å²) in [6.45, 7) is 1.67. The summed E-state index contributed by atoms with van der Waals surface area (Å²) in [5, 5.41) is 1.88. The molecule has 23 heavy (non-hydrogen) atoms. The number of nitrogens with zero attached hydrogens (tertiary/aromatic N) is 1. The minimum Gasteiger partial charge on any atom is -0.440 e. The van der Waals surface area contributed by atoms with Crippen molar-refractivity contribution in [3.8, 4) is 10.8 Å². The van der Waals surface area contributed by atoms with E-state index in [9.17, 15) is 16.8 Å². The predicted molar refractivity (Wildman–Crippen MR) is 89.5 cm³/mol. The second-order valence-electron chi connectivity index (χ2n) is 4.97. The standard InChI is InChI=1S/C13H18N2O5S3/c1-10-11(15-13(20-10)12-5-3-6-21-12)9-22(16,17)7-4-8-23(18,19)14-2/h3,5-6,14H,4,7-9H2,1-2H3. The summed E-state index contributed by atoms with van der Waals surface area (Å²) in [6.07, 6.45) is 0.0419. The SMILES string of the molecule is CNS(=O)(=O)CCCS(=O)(=O)Cc1nc(-c2cccs2)oc1C. The third kappa shape index (κ3) is 5.13. The molecule has 0 aromatic carbocycles. The van der Waals surface area contributed by atoms with Crippen LogP contribution in [0.25, 0.3) is 10.8 Å². The highest BCUT2D eigenvalue weighted by Crippen LogP contribution is 2.26. The maximum atomic E-state index is 12.1. The summed E-state index contributed by atoms with van der Waals surface area (Å²) in [5.41, 5.74) is 0.366. The van der Waals surface area contributed by atoms with Gasteiger partial charge in [0.2, 0.25) is 15.9 Å². The Balaban J connectivity index is 2.03. The van der Waals surface area contributed by atoms with E-state index < -0.39 is 19.9 Å². The molecule has 2 aromatic rings. The molecule has 2 heterocycles. The van der Waals surface area contributed by atoms with Gasteiger partial charge in [0.1, 0.15) is 5.76 Å². The topological polar surface area (TPSA) is 106 Å². The lowest BCUT2D eigenvalue weighted by Crippen LogP contribution is -2.23. The van der Waals surface area contributed by atoms with Crippen LogP contribution in [-0.2, 0) is 25.6 Å². The molecule has 0 radical (unpaired) electrons. The van der Waals surface area contributed by atoms with Crippen LogP contribution in [0, 0.1) is 6.92 Å². The Morgan fingerprint density at radius 1 is 1.26 bits per heavy atom. The first-order valence-corrected chi connectivity index (χ1v) is 11.2. The number of nitrogens with one attached hydrogen (secondary N) is 1. The molecule has 0 saturated carbocycles. The zero-order valence-corrected chi connectivity index (χ0v) is 15.2. The van der Waals surface area contributed by atoms with Gasteiger partial charge in [-0.2, -0.15) is 0 Å². The van der Waals surface area contributed by atoms with Crippen molar-refractivity contribution in [1.82, 2.24) is 9.71 Å². The van der Waals surface area contributed by atoms with Crippen molar-refractivity contribution in [1.29, 1.82) is 0 Å². The van der Waals surface area contributed by atoms with Crippen molar-refractivity contribution in [3.63, 3.8) is 0 Å². The Kier molecular flexibility index (Phi) is 5.61. The number of hydrogen-bond donors (Lipinski definition) is 1. The van der Waals surface area contributed by atoms with Crippen LogP contribution < -0.4 is 4.72 Å². The van der Waals surface area contributed by atoms with Crippen molar-refractivity contribution in [3.05, 3.63) is 29.0 Å². The van der Waals surface area contributed by atoms with Crippen LogP contribution in [-0.4, -0.2) is 40.4 Å². The molecule has 128 valence electrons. The van der Waals surface area contributed by atoms with E-state index >= 15 is 0 Å². The smallest absolute Gasteiger partial charge is 0.236 e. The maximum absolute atomic E-state index is 12.1. The molecule has 0 fully saturated rings. The van der Waals surface area contributed by atoms with Crippen LogP contribution >= 0.6 is 11.3 Å². The largest absolute Gasteiger partial charge is 0.440 e. The number of oxazole rings is 1. The van der Waals surface area contributed by atoms with E-state index in [0.29, 0.717) is 17.3 Å². The van der Waals surface area contributed by atoms with E-state index in [1.165, 1.54) is 18.4 Å². The van der Waals surface area contributed by atoms with Crippen LogP contribution in [0.1, 0.15) is 17.9 Å². The maximum Gasteiger partial charge on any atom is 0.236 e. The normalized spacial score (nSPS) is 12.6. The minimum atomic E-state index is -3.45. The number of sulfonamides is 1. The lowest BCUT2D eigenvalue weighted by atomic mass is 10.4. The molecule has 1 N–H and O–H groups in total. The van der Waals surface area contributed by atoms with E-state index in [1.54, 1.807) is 6.92 Å². The summed E-state index contributed by atoms with van der Waals surface area (Å²) in [7, 11) is -5.55. The van der Waals surface area contributed by atoms with Gasteiger partial charge in [-0.15, -0.1) is 11.3 Å². The highest BCUT2D eigenvalue weighted by molar-refractivity contribution is 7.91. The summed E-state index contributed by atoms with van der Waals surface area (Å²) in [6, 6.07) is 3.70. The van der Waals surface area contributed by atoms with Crippen LogP contribution in [0.5, 0.6) is 0 Å². The molecule has 7 nitrogen and oxygen atoms in total. The molecule has 0 amide bonds. The number of hydrogen-bond acceptors (Lipinski definition) is 7. The highest BCUT2D eigenvalue weighted by atomic mass is 32.2. The summed E-state index contributed by atoms with van der Waals surface area (Å²) in [5.74, 6) is 0.170. The van der Waals surface area contributed by atoms with Gasteiger partial charge in [-0.25, -0.2) is 26.5 Å². The van der Waals surface area contributed by atoms with Gasteiger partial charge >= 0.3 is 0 Å². The van der Waals surface area contributed by atoms with Crippen molar-refractivity contribution in [2.75, 3.05) is 18.6 Å². The molecular formula is C13H18N2O5S3. The molecule has 2 aromatic heterocycles. The molecule has 0 aliphatic heterocycles. The van der Waals surface area contributed by atoms with Gasteiger partial charge in [0.25, 0.3) is 0 Å².